The summed E-state index contributed by atoms with van der Waals surface area (Å²) in [6.45, 7) is 1.76. The molecular weight excluding hydrogens is 340 g/mol. The Balaban J connectivity index is 1.97. The number of nitrogens with one attached hydrogen (secondary N) is 1. The topological polar surface area (TPSA) is 84.3 Å². The first-order valence-corrected chi connectivity index (χ1v) is 9.01. The molecule has 7 nitrogen and oxygen atoms in total. The predicted molar refractivity (Wildman–Crippen MR) is 95.5 cm³/mol. The Hall–Kier alpha value is -2.71. The first-order chi connectivity index (χ1) is 11.8. The van der Waals surface area contributed by atoms with Gasteiger partial charge >= 0.3 is 0 Å². The second-order valence-electron chi connectivity index (χ2n) is 5.81. The van der Waals surface area contributed by atoms with Gasteiger partial charge in [0.15, 0.2) is 0 Å². The van der Waals surface area contributed by atoms with Crippen LogP contribution in [0.4, 0.5) is 0 Å². The normalized spacial score (nSPS) is 11.8. The third-order valence-corrected chi connectivity index (χ3v) is 5.72. The van der Waals surface area contributed by atoms with Crippen LogP contribution in [0, 0.1) is 6.92 Å². The van der Waals surface area contributed by atoms with Crippen molar-refractivity contribution >= 4 is 27.0 Å². The lowest BCUT2D eigenvalue weighted by Crippen LogP contribution is -2.25. The van der Waals surface area contributed by atoms with E-state index in [1.807, 2.05) is 24.3 Å². The van der Waals surface area contributed by atoms with Gasteiger partial charge in [-0.1, -0.05) is 18.2 Å². The number of benzene rings is 2. The molecule has 0 aliphatic heterocycles. The van der Waals surface area contributed by atoms with Crippen LogP contribution >= 0.6 is 0 Å². The number of para-hydroxylation sites is 2. The smallest absolute Gasteiger partial charge is 0.267 e. The first-order valence-electron chi connectivity index (χ1n) is 7.57. The standard InChI is InChI=1S/C17H18N4O3S/c1-12-8-9-13(25(23,24)20(2)3)10-14(12)17(22)19-21-11-18-15-6-4-5-7-16(15)21/h4-11H,1-3H3,(H,19,22). The number of carbonyl (C=O) groups is 1. The summed E-state index contributed by atoms with van der Waals surface area (Å²) >= 11 is 0. The van der Waals surface area contributed by atoms with Gasteiger partial charge in [-0.15, -0.1) is 0 Å². The zero-order valence-electron chi connectivity index (χ0n) is 14.1. The Labute approximate surface area is 145 Å². The minimum absolute atomic E-state index is 0.0729. The fourth-order valence-corrected chi connectivity index (χ4v) is 3.36. The minimum atomic E-state index is -3.61. The van der Waals surface area contributed by atoms with Crippen molar-refractivity contribution in [2.24, 2.45) is 0 Å². The molecule has 25 heavy (non-hydrogen) atoms. The van der Waals surface area contributed by atoms with Crippen LogP contribution in [-0.4, -0.2) is 42.4 Å². The number of rotatable bonds is 4. The number of sulfonamides is 1. The van der Waals surface area contributed by atoms with Gasteiger partial charge in [0.2, 0.25) is 10.0 Å². The number of aryl methyl sites for hydroxylation is 1. The zero-order chi connectivity index (χ0) is 18.2. The molecule has 1 N–H and O–H groups in total. The molecule has 0 saturated heterocycles. The van der Waals surface area contributed by atoms with Crippen LogP contribution in [-0.2, 0) is 10.0 Å². The number of imidazole rings is 1. The molecule has 0 aliphatic carbocycles. The van der Waals surface area contributed by atoms with Crippen molar-refractivity contribution in [3.8, 4) is 0 Å². The Morgan fingerprint density at radius 2 is 1.88 bits per heavy atom. The van der Waals surface area contributed by atoms with Crippen molar-refractivity contribution < 1.29 is 13.2 Å². The maximum absolute atomic E-state index is 12.7. The van der Waals surface area contributed by atoms with Crippen LogP contribution in [0.2, 0.25) is 0 Å². The summed E-state index contributed by atoms with van der Waals surface area (Å²) in [4.78, 5) is 16.9. The summed E-state index contributed by atoms with van der Waals surface area (Å²) in [6.07, 6.45) is 1.51. The molecule has 0 fully saturated rings. The van der Waals surface area contributed by atoms with Crippen LogP contribution in [0.25, 0.3) is 11.0 Å². The number of hydrogen-bond donors (Lipinski definition) is 1. The maximum Gasteiger partial charge on any atom is 0.270 e. The van der Waals surface area contributed by atoms with E-state index in [9.17, 15) is 13.2 Å². The molecule has 1 amide bonds. The molecule has 0 bridgehead atoms. The van der Waals surface area contributed by atoms with E-state index >= 15 is 0 Å². The molecule has 8 heteroatoms. The lowest BCUT2D eigenvalue weighted by atomic mass is 10.1. The minimum Gasteiger partial charge on any atom is -0.267 e. The lowest BCUT2D eigenvalue weighted by molar-refractivity contribution is 0.101. The van der Waals surface area contributed by atoms with Crippen molar-refractivity contribution in [2.45, 2.75) is 11.8 Å². The molecule has 0 aliphatic rings. The quantitative estimate of drug-likeness (QED) is 0.773. The van der Waals surface area contributed by atoms with Crippen molar-refractivity contribution in [3.05, 3.63) is 59.9 Å². The van der Waals surface area contributed by atoms with Crippen LogP contribution < -0.4 is 5.43 Å². The van der Waals surface area contributed by atoms with Crippen molar-refractivity contribution in [2.75, 3.05) is 19.5 Å². The Morgan fingerprint density at radius 1 is 1.16 bits per heavy atom. The largest absolute Gasteiger partial charge is 0.270 e. The highest BCUT2D eigenvalue weighted by atomic mass is 32.2. The third-order valence-electron chi connectivity index (χ3n) is 3.91. The summed E-state index contributed by atoms with van der Waals surface area (Å²) in [7, 11) is -0.710. The summed E-state index contributed by atoms with van der Waals surface area (Å²) < 4.78 is 27.2. The van der Waals surface area contributed by atoms with E-state index in [1.54, 1.807) is 13.0 Å². The lowest BCUT2D eigenvalue weighted by Gasteiger charge is -2.14. The van der Waals surface area contributed by atoms with Gasteiger partial charge in [-0.3, -0.25) is 10.2 Å². The first kappa shape index (κ1) is 17.1. The van der Waals surface area contributed by atoms with Crippen molar-refractivity contribution in [1.82, 2.24) is 14.0 Å². The van der Waals surface area contributed by atoms with Gasteiger partial charge < -0.3 is 0 Å². The van der Waals surface area contributed by atoms with Crippen LogP contribution in [0.3, 0.4) is 0 Å². The van der Waals surface area contributed by atoms with E-state index in [1.165, 1.54) is 37.2 Å². The molecule has 130 valence electrons. The SMILES string of the molecule is Cc1ccc(S(=O)(=O)N(C)C)cc1C(=O)Nn1cnc2ccccc21. The van der Waals surface area contributed by atoms with Crippen LogP contribution in [0.1, 0.15) is 15.9 Å². The van der Waals surface area contributed by atoms with Gasteiger partial charge in [-0.25, -0.2) is 22.4 Å². The number of aromatic nitrogens is 2. The monoisotopic (exact) mass is 358 g/mol. The number of amides is 1. The Bertz CT molecular complexity index is 1050. The molecule has 0 saturated carbocycles. The molecule has 1 aromatic heterocycles. The fraction of sp³-hybridized carbons (Fsp3) is 0.176. The number of hydrogen-bond acceptors (Lipinski definition) is 4. The van der Waals surface area contributed by atoms with E-state index < -0.39 is 15.9 Å². The third kappa shape index (κ3) is 3.13. The molecule has 2 aromatic carbocycles. The number of carbonyl (C=O) groups excluding carboxylic acids is 1. The fourth-order valence-electron chi connectivity index (χ4n) is 2.43. The van der Waals surface area contributed by atoms with Gasteiger partial charge in [-0.2, -0.15) is 0 Å². The molecule has 1 heterocycles. The van der Waals surface area contributed by atoms with Gasteiger partial charge in [0.25, 0.3) is 5.91 Å². The van der Waals surface area contributed by atoms with Gasteiger partial charge in [0, 0.05) is 19.7 Å². The van der Waals surface area contributed by atoms with E-state index in [0.717, 1.165) is 15.3 Å². The van der Waals surface area contributed by atoms with E-state index in [-0.39, 0.29) is 4.90 Å². The predicted octanol–water partition coefficient (Wildman–Crippen LogP) is 1.98. The second kappa shape index (κ2) is 6.30. The average molecular weight is 358 g/mol. The highest BCUT2D eigenvalue weighted by Gasteiger charge is 2.20. The molecule has 0 unspecified atom stereocenters. The molecular formula is C17H18N4O3S. The van der Waals surface area contributed by atoms with Crippen LogP contribution in [0.5, 0.6) is 0 Å². The van der Waals surface area contributed by atoms with E-state index in [2.05, 4.69) is 10.4 Å². The molecule has 0 spiro atoms. The number of nitrogens with zero attached hydrogens (tertiary/aromatic N) is 3. The van der Waals surface area contributed by atoms with Gasteiger partial charge in [0.1, 0.15) is 6.33 Å². The van der Waals surface area contributed by atoms with Crippen molar-refractivity contribution in [3.63, 3.8) is 0 Å². The second-order valence-corrected chi connectivity index (χ2v) is 7.96. The maximum atomic E-state index is 12.7. The summed E-state index contributed by atoms with van der Waals surface area (Å²) in [5, 5.41) is 0. The summed E-state index contributed by atoms with van der Waals surface area (Å²) in [6, 6.07) is 11.9. The molecule has 0 atom stereocenters. The van der Waals surface area contributed by atoms with Gasteiger partial charge in [0.05, 0.1) is 15.9 Å². The van der Waals surface area contributed by atoms with Crippen LogP contribution in [0.15, 0.2) is 53.7 Å². The van der Waals surface area contributed by atoms with E-state index in [4.69, 9.17) is 0 Å². The Morgan fingerprint density at radius 3 is 2.60 bits per heavy atom. The highest BCUT2D eigenvalue weighted by molar-refractivity contribution is 7.89. The highest BCUT2D eigenvalue weighted by Crippen LogP contribution is 2.19. The number of fused-ring (bicyclic) bond motifs is 1. The summed E-state index contributed by atoms with van der Waals surface area (Å²) in [5.74, 6) is -0.406. The average Bonchev–Trinajstić information content (AvgIpc) is 2.98. The Kier molecular flexibility index (Phi) is 4.32. The van der Waals surface area contributed by atoms with Gasteiger partial charge in [-0.05, 0) is 36.8 Å². The molecule has 3 aromatic rings. The molecule has 0 radical (unpaired) electrons. The summed E-state index contributed by atoms with van der Waals surface area (Å²) in [5.41, 5.74) is 5.22. The molecule has 3 rings (SSSR count). The van der Waals surface area contributed by atoms with Crippen molar-refractivity contribution in [1.29, 1.82) is 0 Å². The van der Waals surface area contributed by atoms with E-state index in [0.29, 0.717) is 11.1 Å². The zero-order valence-corrected chi connectivity index (χ0v) is 14.9.